The number of carbonyl (C=O) groups is 2. The van der Waals surface area contributed by atoms with Gasteiger partial charge in [-0.15, -0.1) is 0 Å². The molecule has 0 unspecified atom stereocenters. The first kappa shape index (κ1) is 17.7. The maximum Gasteiger partial charge on any atom is 0.340 e. The molecule has 1 heterocycles. The zero-order chi connectivity index (χ0) is 17.0. The minimum atomic E-state index is -2.04. The number of allylic oxidation sites excluding steroid dienone is 1. The summed E-state index contributed by atoms with van der Waals surface area (Å²) in [5, 5.41) is 11.1. The van der Waals surface area contributed by atoms with Gasteiger partial charge < -0.3 is 14.6 Å². The van der Waals surface area contributed by atoms with E-state index in [9.17, 15) is 14.7 Å². The minimum absolute atomic E-state index is 0.108. The molecule has 124 valence electrons. The Morgan fingerprint density at radius 1 is 1.43 bits per heavy atom. The van der Waals surface area contributed by atoms with Gasteiger partial charge in [-0.1, -0.05) is 46.3 Å². The molecule has 5 nitrogen and oxygen atoms in total. The second kappa shape index (κ2) is 7.27. The molecule has 1 aromatic rings. The lowest BCUT2D eigenvalue weighted by molar-refractivity contribution is -0.174. The fraction of sp³-hybridized carbons (Fsp3) is 0.412. The molecule has 0 aromatic heterocycles. The van der Waals surface area contributed by atoms with Crippen LogP contribution < -0.4 is 0 Å². The number of ether oxygens (including phenoxy) is 2. The second-order valence-corrected chi connectivity index (χ2v) is 6.48. The van der Waals surface area contributed by atoms with E-state index in [0.29, 0.717) is 12.2 Å². The van der Waals surface area contributed by atoms with Crippen LogP contribution in [-0.2, 0) is 25.5 Å². The van der Waals surface area contributed by atoms with E-state index in [2.05, 4.69) is 15.9 Å². The van der Waals surface area contributed by atoms with Gasteiger partial charge in [-0.05, 0) is 31.9 Å². The normalized spacial score (nSPS) is 21.1. The van der Waals surface area contributed by atoms with Crippen molar-refractivity contribution in [2.45, 2.75) is 30.7 Å². The smallest absolute Gasteiger partial charge is 0.340 e. The maximum atomic E-state index is 12.4. The summed E-state index contributed by atoms with van der Waals surface area (Å²) < 4.78 is 9.99. The number of alkyl halides is 1. The molecule has 2 rings (SSSR count). The monoisotopic (exact) mass is 382 g/mol. The van der Waals surface area contributed by atoms with Crippen molar-refractivity contribution in [1.82, 2.24) is 0 Å². The van der Waals surface area contributed by atoms with E-state index in [1.165, 1.54) is 6.08 Å². The Balaban J connectivity index is 2.33. The molecule has 0 bridgehead atoms. The van der Waals surface area contributed by atoms with E-state index in [0.717, 1.165) is 5.56 Å². The molecule has 1 aliphatic rings. The van der Waals surface area contributed by atoms with Crippen LogP contribution in [0.5, 0.6) is 0 Å². The van der Waals surface area contributed by atoms with Gasteiger partial charge >= 0.3 is 11.9 Å². The van der Waals surface area contributed by atoms with Crippen LogP contribution in [0.3, 0.4) is 0 Å². The molecule has 23 heavy (non-hydrogen) atoms. The van der Waals surface area contributed by atoms with Crippen molar-refractivity contribution in [3.8, 4) is 0 Å². The molecular formula is C17H19BrO5. The van der Waals surface area contributed by atoms with Gasteiger partial charge in [-0.2, -0.15) is 0 Å². The molecule has 0 saturated heterocycles. The number of esters is 2. The van der Waals surface area contributed by atoms with Crippen LogP contribution in [0.15, 0.2) is 42.2 Å². The molecular weight excluding hydrogens is 364 g/mol. The van der Waals surface area contributed by atoms with Crippen LogP contribution >= 0.6 is 15.9 Å². The fourth-order valence-electron chi connectivity index (χ4n) is 2.54. The van der Waals surface area contributed by atoms with E-state index in [-0.39, 0.29) is 6.61 Å². The minimum Gasteiger partial charge on any atom is -0.464 e. The van der Waals surface area contributed by atoms with Crippen molar-refractivity contribution >= 4 is 27.9 Å². The number of hydrogen-bond donors (Lipinski definition) is 1. The van der Waals surface area contributed by atoms with Gasteiger partial charge in [0.25, 0.3) is 0 Å². The first-order valence-electron chi connectivity index (χ1n) is 7.37. The van der Waals surface area contributed by atoms with Gasteiger partial charge in [0.15, 0.2) is 5.60 Å². The highest BCUT2D eigenvalue weighted by Crippen LogP contribution is 2.36. The predicted octanol–water partition coefficient (Wildman–Crippen LogP) is 2.36. The van der Waals surface area contributed by atoms with Crippen LogP contribution in [0.2, 0.25) is 0 Å². The number of hydrogen-bond acceptors (Lipinski definition) is 5. The number of cyclic esters (lactones) is 1. The standard InChI is InChI=1S/C17H19BrO5/c1-3-22-16(20)17(21,13-9-11(2)23-15(13)19)14(18)10-12-7-5-4-6-8-12/h4-9,13-14,21H,3,10H2,1-2H3/t13-,14-,17+/m0/s1. The predicted molar refractivity (Wildman–Crippen MR) is 87.8 cm³/mol. The molecule has 1 aromatic carbocycles. The summed E-state index contributed by atoms with van der Waals surface area (Å²) in [5.41, 5.74) is -1.12. The molecule has 0 saturated carbocycles. The first-order valence-corrected chi connectivity index (χ1v) is 8.28. The van der Waals surface area contributed by atoms with Crippen LogP contribution in [0.4, 0.5) is 0 Å². The van der Waals surface area contributed by atoms with Crippen molar-refractivity contribution in [3.05, 3.63) is 47.7 Å². The van der Waals surface area contributed by atoms with Crippen molar-refractivity contribution in [1.29, 1.82) is 0 Å². The van der Waals surface area contributed by atoms with E-state index in [4.69, 9.17) is 9.47 Å². The summed E-state index contributed by atoms with van der Waals surface area (Å²) in [5.74, 6) is -2.24. The zero-order valence-corrected chi connectivity index (χ0v) is 14.6. The third-order valence-electron chi connectivity index (χ3n) is 3.73. The van der Waals surface area contributed by atoms with Gasteiger partial charge in [-0.25, -0.2) is 4.79 Å². The molecule has 6 heteroatoms. The Morgan fingerprint density at radius 3 is 2.61 bits per heavy atom. The number of aliphatic hydroxyl groups is 1. The second-order valence-electron chi connectivity index (χ2n) is 5.38. The summed E-state index contributed by atoms with van der Waals surface area (Å²) in [7, 11) is 0. The van der Waals surface area contributed by atoms with E-state index in [1.54, 1.807) is 13.8 Å². The zero-order valence-electron chi connectivity index (χ0n) is 13.0. The number of benzene rings is 1. The van der Waals surface area contributed by atoms with Gasteiger partial charge in [-0.3, -0.25) is 4.79 Å². The van der Waals surface area contributed by atoms with Crippen molar-refractivity contribution in [2.75, 3.05) is 6.61 Å². The van der Waals surface area contributed by atoms with Gasteiger partial charge in [0.05, 0.1) is 11.4 Å². The SMILES string of the molecule is CCOC(=O)[C@](O)([C@@H](Br)Cc1ccccc1)[C@H]1C=C(C)OC1=O. The molecule has 3 atom stereocenters. The fourth-order valence-corrected chi connectivity index (χ4v) is 3.38. The lowest BCUT2D eigenvalue weighted by Crippen LogP contribution is -2.55. The third-order valence-corrected chi connectivity index (χ3v) is 4.75. The number of halogens is 1. The molecule has 1 aliphatic heterocycles. The largest absolute Gasteiger partial charge is 0.464 e. The van der Waals surface area contributed by atoms with Gasteiger partial charge in [0.1, 0.15) is 11.7 Å². The summed E-state index contributed by atoms with van der Waals surface area (Å²) in [6.45, 7) is 3.35. The average molecular weight is 383 g/mol. The first-order chi connectivity index (χ1) is 10.9. The summed E-state index contributed by atoms with van der Waals surface area (Å²) in [4.78, 5) is 23.7. The summed E-state index contributed by atoms with van der Waals surface area (Å²) >= 11 is 3.38. The third kappa shape index (κ3) is 3.64. The van der Waals surface area contributed by atoms with Crippen molar-refractivity contribution < 1.29 is 24.2 Å². The highest BCUT2D eigenvalue weighted by Gasteiger charge is 2.55. The molecule has 1 N–H and O–H groups in total. The molecule has 0 amide bonds. The highest BCUT2D eigenvalue weighted by atomic mass is 79.9. The van der Waals surface area contributed by atoms with Crippen molar-refractivity contribution in [2.24, 2.45) is 5.92 Å². The number of carbonyl (C=O) groups excluding carboxylic acids is 2. The summed E-state index contributed by atoms with van der Waals surface area (Å²) in [6, 6.07) is 9.38. The lowest BCUT2D eigenvalue weighted by atomic mass is 9.82. The van der Waals surface area contributed by atoms with Crippen LogP contribution in [-0.4, -0.2) is 34.1 Å². The average Bonchev–Trinajstić information content (AvgIpc) is 2.86. The van der Waals surface area contributed by atoms with Gasteiger partial charge in [0, 0.05) is 0 Å². The van der Waals surface area contributed by atoms with Crippen LogP contribution in [0.25, 0.3) is 0 Å². The van der Waals surface area contributed by atoms with E-state index < -0.39 is 28.3 Å². The topological polar surface area (TPSA) is 72.8 Å². The Labute approximate surface area is 143 Å². The Morgan fingerprint density at radius 2 is 2.09 bits per heavy atom. The molecule has 0 radical (unpaired) electrons. The van der Waals surface area contributed by atoms with Gasteiger partial charge in [0.2, 0.25) is 0 Å². The summed E-state index contributed by atoms with van der Waals surface area (Å²) in [6.07, 6.45) is 1.81. The number of rotatable bonds is 6. The molecule has 0 spiro atoms. The van der Waals surface area contributed by atoms with E-state index in [1.807, 2.05) is 30.3 Å². The highest BCUT2D eigenvalue weighted by molar-refractivity contribution is 9.09. The quantitative estimate of drug-likeness (QED) is 0.603. The van der Waals surface area contributed by atoms with Crippen molar-refractivity contribution in [3.63, 3.8) is 0 Å². The Bertz CT molecular complexity index is 613. The molecule has 0 aliphatic carbocycles. The van der Waals surface area contributed by atoms with E-state index >= 15 is 0 Å². The Hall–Kier alpha value is -1.66. The van der Waals surface area contributed by atoms with Crippen LogP contribution in [0, 0.1) is 5.92 Å². The maximum absolute atomic E-state index is 12.4. The van der Waals surface area contributed by atoms with Crippen LogP contribution in [0.1, 0.15) is 19.4 Å². The lowest BCUT2D eigenvalue weighted by Gasteiger charge is -2.33. The molecule has 0 fully saturated rings. The Kier molecular flexibility index (Phi) is 5.59.